The predicted octanol–water partition coefficient (Wildman–Crippen LogP) is 2.28. The van der Waals surface area contributed by atoms with Gasteiger partial charge in [-0.25, -0.2) is 0 Å². The predicted molar refractivity (Wildman–Crippen MR) is 72.9 cm³/mol. The number of hydrogen-bond acceptors (Lipinski definition) is 4. The minimum absolute atomic E-state index is 0.0781. The van der Waals surface area contributed by atoms with Gasteiger partial charge in [0.1, 0.15) is 5.76 Å². The van der Waals surface area contributed by atoms with Crippen LogP contribution in [0.3, 0.4) is 0 Å². The number of nitrogens with zero attached hydrogens (tertiary/aromatic N) is 3. The minimum Gasteiger partial charge on any atom is -0.361 e. The van der Waals surface area contributed by atoms with Gasteiger partial charge in [0.05, 0.1) is 23.9 Å². The zero-order valence-electron chi connectivity index (χ0n) is 11.5. The molecule has 104 valence electrons. The van der Waals surface area contributed by atoms with Gasteiger partial charge in [-0.1, -0.05) is 11.2 Å². The molecule has 0 spiro atoms. The van der Waals surface area contributed by atoms with Crippen molar-refractivity contribution in [2.24, 2.45) is 0 Å². The molecule has 5 heteroatoms. The molecule has 2 aromatic heterocycles. The molecular formula is C15H17N3O2. The summed E-state index contributed by atoms with van der Waals surface area (Å²) in [7, 11) is 0. The van der Waals surface area contributed by atoms with Crippen LogP contribution in [0.1, 0.15) is 36.0 Å². The monoisotopic (exact) mass is 271 g/mol. The molecule has 0 aliphatic carbocycles. The van der Waals surface area contributed by atoms with Crippen LogP contribution in [0.2, 0.25) is 0 Å². The molecule has 0 aromatic carbocycles. The van der Waals surface area contributed by atoms with E-state index in [1.807, 2.05) is 36.1 Å². The molecule has 5 nitrogen and oxygen atoms in total. The van der Waals surface area contributed by atoms with Crippen LogP contribution in [0, 0.1) is 6.92 Å². The lowest BCUT2D eigenvalue weighted by atomic mass is 10.1. The Bertz CT molecular complexity index is 594. The lowest BCUT2D eigenvalue weighted by Crippen LogP contribution is -2.32. The van der Waals surface area contributed by atoms with Gasteiger partial charge >= 0.3 is 0 Å². The van der Waals surface area contributed by atoms with Gasteiger partial charge in [0, 0.05) is 18.8 Å². The van der Waals surface area contributed by atoms with E-state index in [0.717, 1.165) is 30.8 Å². The Kier molecular flexibility index (Phi) is 3.50. The maximum Gasteiger partial charge on any atom is 0.230 e. The molecular weight excluding hydrogens is 254 g/mol. The molecule has 0 bridgehead atoms. The molecule has 2 aromatic rings. The molecule has 0 N–H and O–H groups in total. The fourth-order valence-corrected chi connectivity index (χ4v) is 2.70. The third-order valence-electron chi connectivity index (χ3n) is 3.60. The Balaban J connectivity index is 1.73. The molecule has 1 aliphatic rings. The summed E-state index contributed by atoms with van der Waals surface area (Å²) in [5.74, 6) is 0.702. The first kappa shape index (κ1) is 12.8. The van der Waals surface area contributed by atoms with Crippen LogP contribution in [-0.4, -0.2) is 27.5 Å². The first-order chi connectivity index (χ1) is 9.74. The van der Waals surface area contributed by atoms with Gasteiger partial charge in [-0.15, -0.1) is 0 Å². The minimum atomic E-state index is 0.0781. The zero-order chi connectivity index (χ0) is 13.9. The fraction of sp³-hybridized carbons (Fsp3) is 0.400. The summed E-state index contributed by atoms with van der Waals surface area (Å²) < 4.78 is 5.12. The van der Waals surface area contributed by atoms with Crippen molar-refractivity contribution >= 4 is 5.91 Å². The second kappa shape index (κ2) is 5.45. The maximum absolute atomic E-state index is 12.4. The van der Waals surface area contributed by atoms with Gasteiger partial charge in [-0.3, -0.25) is 9.78 Å². The summed E-state index contributed by atoms with van der Waals surface area (Å²) in [5, 5.41) is 3.82. The summed E-state index contributed by atoms with van der Waals surface area (Å²) in [6.07, 6.45) is 4.03. The average molecular weight is 271 g/mol. The quantitative estimate of drug-likeness (QED) is 0.859. The maximum atomic E-state index is 12.4. The van der Waals surface area contributed by atoms with Crippen LogP contribution in [0.5, 0.6) is 0 Å². The number of aryl methyl sites for hydroxylation is 1. The Morgan fingerprint density at radius 3 is 3.10 bits per heavy atom. The second-order valence-corrected chi connectivity index (χ2v) is 5.11. The summed E-state index contributed by atoms with van der Waals surface area (Å²) in [5.41, 5.74) is 1.77. The van der Waals surface area contributed by atoms with Crippen LogP contribution < -0.4 is 0 Å². The number of amides is 1. The van der Waals surface area contributed by atoms with E-state index >= 15 is 0 Å². The first-order valence-corrected chi connectivity index (χ1v) is 6.86. The summed E-state index contributed by atoms with van der Waals surface area (Å²) in [6.45, 7) is 2.64. The van der Waals surface area contributed by atoms with Crippen molar-refractivity contribution in [3.8, 4) is 0 Å². The molecule has 1 unspecified atom stereocenters. The Morgan fingerprint density at radius 2 is 2.40 bits per heavy atom. The van der Waals surface area contributed by atoms with Crippen LogP contribution in [0.25, 0.3) is 0 Å². The summed E-state index contributed by atoms with van der Waals surface area (Å²) >= 11 is 0. The number of aromatic nitrogens is 2. The zero-order valence-corrected chi connectivity index (χ0v) is 11.5. The van der Waals surface area contributed by atoms with Crippen molar-refractivity contribution in [1.29, 1.82) is 0 Å². The summed E-state index contributed by atoms with van der Waals surface area (Å²) in [6, 6.07) is 7.73. The SMILES string of the molecule is Cc1cc(CC(=O)N2CCCC2c2ccccn2)on1. The normalized spacial score (nSPS) is 18.4. The Labute approximate surface area is 117 Å². The van der Waals surface area contributed by atoms with E-state index < -0.39 is 0 Å². The molecule has 20 heavy (non-hydrogen) atoms. The lowest BCUT2D eigenvalue weighted by molar-refractivity contribution is -0.131. The third-order valence-corrected chi connectivity index (χ3v) is 3.60. The van der Waals surface area contributed by atoms with Crippen molar-refractivity contribution in [1.82, 2.24) is 15.0 Å². The number of rotatable bonds is 3. The van der Waals surface area contributed by atoms with Crippen molar-refractivity contribution in [2.45, 2.75) is 32.2 Å². The van der Waals surface area contributed by atoms with Crippen molar-refractivity contribution in [3.05, 3.63) is 47.6 Å². The van der Waals surface area contributed by atoms with E-state index in [4.69, 9.17) is 4.52 Å². The molecule has 0 radical (unpaired) electrons. The molecule has 0 saturated carbocycles. The van der Waals surface area contributed by atoms with E-state index in [2.05, 4.69) is 10.1 Å². The standard InChI is InChI=1S/C15H17N3O2/c1-11-9-12(20-17-11)10-15(19)18-8-4-6-14(18)13-5-2-3-7-16-13/h2-3,5,7,9,14H,4,6,8,10H2,1H3. The van der Waals surface area contributed by atoms with Gasteiger partial charge in [-0.05, 0) is 31.9 Å². The van der Waals surface area contributed by atoms with Crippen LogP contribution >= 0.6 is 0 Å². The first-order valence-electron chi connectivity index (χ1n) is 6.86. The third kappa shape index (κ3) is 2.57. The largest absolute Gasteiger partial charge is 0.361 e. The van der Waals surface area contributed by atoms with E-state index in [1.165, 1.54) is 0 Å². The second-order valence-electron chi connectivity index (χ2n) is 5.11. The topological polar surface area (TPSA) is 59.2 Å². The van der Waals surface area contributed by atoms with Crippen LogP contribution in [0.15, 0.2) is 35.0 Å². The molecule has 3 heterocycles. The highest BCUT2D eigenvalue weighted by molar-refractivity contribution is 5.78. The lowest BCUT2D eigenvalue weighted by Gasteiger charge is -2.23. The highest BCUT2D eigenvalue weighted by atomic mass is 16.5. The molecule has 1 aliphatic heterocycles. The van der Waals surface area contributed by atoms with Gasteiger partial charge in [-0.2, -0.15) is 0 Å². The van der Waals surface area contributed by atoms with Crippen LogP contribution in [-0.2, 0) is 11.2 Å². The molecule has 1 saturated heterocycles. The number of carbonyl (C=O) groups is 1. The number of carbonyl (C=O) groups excluding carboxylic acids is 1. The highest BCUT2D eigenvalue weighted by Gasteiger charge is 2.31. The molecule has 1 fully saturated rings. The van der Waals surface area contributed by atoms with E-state index in [9.17, 15) is 4.79 Å². The van der Waals surface area contributed by atoms with Gasteiger partial charge < -0.3 is 9.42 Å². The smallest absolute Gasteiger partial charge is 0.230 e. The summed E-state index contributed by atoms with van der Waals surface area (Å²) in [4.78, 5) is 18.7. The van der Waals surface area contributed by atoms with Crippen LogP contribution in [0.4, 0.5) is 0 Å². The molecule has 1 atom stereocenters. The average Bonchev–Trinajstić information content (AvgIpc) is 3.09. The van der Waals surface area contributed by atoms with E-state index in [0.29, 0.717) is 5.76 Å². The van der Waals surface area contributed by atoms with Gasteiger partial charge in [0.2, 0.25) is 5.91 Å². The number of likely N-dealkylation sites (tertiary alicyclic amines) is 1. The van der Waals surface area contributed by atoms with Crippen molar-refractivity contribution in [3.63, 3.8) is 0 Å². The number of hydrogen-bond donors (Lipinski definition) is 0. The van der Waals surface area contributed by atoms with Crippen molar-refractivity contribution < 1.29 is 9.32 Å². The molecule has 1 amide bonds. The fourth-order valence-electron chi connectivity index (χ4n) is 2.70. The Morgan fingerprint density at radius 1 is 1.50 bits per heavy atom. The van der Waals surface area contributed by atoms with Crippen molar-refractivity contribution in [2.75, 3.05) is 6.54 Å². The van der Waals surface area contributed by atoms with Gasteiger partial charge in [0.25, 0.3) is 0 Å². The highest BCUT2D eigenvalue weighted by Crippen LogP contribution is 2.31. The molecule has 3 rings (SSSR count). The van der Waals surface area contributed by atoms with E-state index in [-0.39, 0.29) is 18.4 Å². The van der Waals surface area contributed by atoms with E-state index in [1.54, 1.807) is 6.20 Å². The number of pyridine rings is 1. The Hall–Kier alpha value is -2.17. The van der Waals surface area contributed by atoms with Gasteiger partial charge in [0.15, 0.2) is 0 Å².